The van der Waals surface area contributed by atoms with Crippen molar-refractivity contribution in [1.82, 2.24) is 10.6 Å². The molecule has 2 rings (SSSR count). The fourth-order valence-corrected chi connectivity index (χ4v) is 1.89. The van der Waals surface area contributed by atoms with Gasteiger partial charge in [0.05, 0.1) is 0 Å². The summed E-state index contributed by atoms with van der Waals surface area (Å²) in [6.45, 7) is 4.36. The van der Waals surface area contributed by atoms with Gasteiger partial charge in [0.1, 0.15) is 0 Å². The van der Waals surface area contributed by atoms with Crippen LogP contribution in [0, 0.1) is 0 Å². The normalized spacial score (nSPS) is 28.7. The third kappa shape index (κ3) is 1.90. The number of rotatable bonds is 1. The highest BCUT2D eigenvalue weighted by molar-refractivity contribution is 5.20. The Balaban J connectivity index is 2.15. The van der Waals surface area contributed by atoms with E-state index in [0.717, 1.165) is 13.1 Å². The molecule has 1 aromatic carbocycles. The van der Waals surface area contributed by atoms with Crippen LogP contribution in [0.15, 0.2) is 30.3 Å². The Morgan fingerprint density at radius 1 is 1.08 bits per heavy atom. The molecule has 0 radical (unpaired) electrons. The first-order valence-electron chi connectivity index (χ1n) is 4.89. The van der Waals surface area contributed by atoms with Crippen LogP contribution < -0.4 is 10.6 Å². The SMILES string of the molecule is C[C@@H]1NCCN[C@H]1c1ccccc1. The average molecular weight is 176 g/mol. The highest BCUT2D eigenvalue weighted by Crippen LogP contribution is 2.17. The van der Waals surface area contributed by atoms with E-state index in [2.05, 4.69) is 47.9 Å². The lowest BCUT2D eigenvalue weighted by molar-refractivity contribution is 0.345. The maximum atomic E-state index is 3.52. The van der Waals surface area contributed by atoms with E-state index in [0.29, 0.717) is 12.1 Å². The third-order valence-electron chi connectivity index (χ3n) is 2.61. The summed E-state index contributed by atoms with van der Waals surface area (Å²) in [6, 6.07) is 11.6. The van der Waals surface area contributed by atoms with E-state index in [-0.39, 0.29) is 0 Å². The molecule has 2 heteroatoms. The van der Waals surface area contributed by atoms with Crippen LogP contribution in [0.5, 0.6) is 0 Å². The molecule has 1 saturated heterocycles. The van der Waals surface area contributed by atoms with Gasteiger partial charge in [-0.1, -0.05) is 30.3 Å². The van der Waals surface area contributed by atoms with Gasteiger partial charge in [-0.25, -0.2) is 0 Å². The Morgan fingerprint density at radius 3 is 2.46 bits per heavy atom. The van der Waals surface area contributed by atoms with Crippen LogP contribution in [0.2, 0.25) is 0 Å². The minimum absolute atomic E-state index is 0.468. The van der Waals surface area contributed by atoms with Gasteiger partial charge in [0.25, 0.3) is 0 Å². The van der Waals surface area contributed by atoms with Gasteiger partial charge in [-0.05, 0) is 12.5 Å². The van der Waals surface area contributed by atoms with Gasteiger partial charge in [-0.2, -0.15) is 0 Å². The van der Waals surface area contributed by atoms with Crippen molar-refractivity contribution < 1.29 is 0 Å². The lowest BCUT2D eigenvalue weighted by atomic mass is 9.99. The molecule has 2 nitrogen and oxygen atoms in total. The molecule has 0 aromatic heterocycles. The molecule has 0 aliphatic carbocycles. The second-order valence-corrected chi connectivity index (χ2v) is 3.59. The van der Waals surface area contributed by atoms with Crippen LogP contribution in [0.25, 0.3) is 0 Å². The Kier molecular flexibility index (Phi) is 2.62. The quantitative estimate of drug-likeness (QED) is 0.674. The van der Waals surface area contributed by atoms with Gasteiger partial charge in [-0.15, -0.1) is 0 Å². The molecule has 13 heavy (non-hydrogen) atoms. The van der Waals surface area contributed by atoms with E-state index < -0.39 is 0 Å². The second kappa shape index (κ2) is 3.90. The molecule has 1 aliphatic heterocycles. The zero-order chi connectivity index (χ0) is 9.10. The van der Waals surface area contributed by atoms with Crippen molar-refractivity contribution in [2.24, 2.45) is 0 Å². The number of hydrogen-bond donors (Lipinski definition) is 2. The van der Waals surface area contributed by atoms with Crippen molar-refractivity contribution >= 4 is 0 Å². The number of nitrogens with one attached hydrogen (secondary N) is 2. The first-order valence-corrected chi connectivity index (χ1v) is 4.89. The zero-order valence-electron chi connectivity index (χ0n) is 7.96. The van der Waals surface area contributed by atoms with Gasteiger partial charge in [0.15, 0.2) is 0 Å². The van der Waals surface area contributed by atoms with E-state index in [1.54, 1.807) is 0 Å². The van der Waals surface area contributed by atoms with E-state index >= 15 is 0 Å². The molecule has 0 unspecified atom stereocenters. The predicted octanol–water partition coefficient (Wildman–Crippen LogP) is 1.31. The predicted molar refractivity (Wildman–Crippen MR) is 54.7 cm³/mol. The summed E-state index contributed by atoms with van der Waals surface area (Å²) in [5, 5.41) is 6.99. The van der Waals surface area contributed by atoms with Crippen molar-refractivity contribution in [3.63, 3.8) is 0 Å². The van der Waals surface area contributed by atoms with E-state index in [9.17, 15) is 0 Å². The standard InChI is InChI=1S/C11H16N2/c1-9-11(13-8-7-12-9)10-5-3-2-4-6-10/h2-6,9,11-13H,7-8H2,1H3/t9-,11+/m0/s1. The van der Waals surface area contributed by atoms with Crippen LogP contribution in [-0.2, 0) is 0 Å². The average Bonchev–Trinajstić information content (AvgIpc) is 2.20. The van der Waals surface area contributed by atoms with Gasteiger partial charge < -0.3 is 10.6 Å². The fraction of sp³-hybridized carbons (Fsp3) is 0.455. The smallest absolute Gasteiger partial charge is 0.0473 e. The van der Waals surface area contributed by atoms with Crippen molar-refractivity contribution in [1.29, 1.82) is 0 Å². The number of benzene rings is 1. The zero-order valence-corrected chi connectivity index (χ0v) is 7.96. The minimum atomic E-state index is 0.468. The third-order valence-corrected chi connectivity index (χ3v) is 2.61. The molecule has 0 spiro atoms. The Labute approximate surface area is 79.4 Å². The fourth-order valence-electron chi connectivity index (χ4n) is 1.89. The molecular formula is C11H16N2. The summed E-state index contributed by atoms with van der Waals surface area (Å²) < 4.78 is 0. The maximum absolute atomic E-state index is 3.52. The first-order chi connectivity index (χ1) is 6.38. The molecule has 0 bridgehead atoms. The highest BCUT2D eigenvalue weighted by Gasteiger charge is 2.20. The monoisotopic (exact) mass is 176 g/mol. The molecule has 70 valence electrons. The molecule has 0 saturated carbocycles. The lowest BCUT2D eigenvalue weighted by Gasteiger charge is -2.31. The molecule has 1 aromatic rings. The van der Waals surface area contributed by atoms with Crippen LogP contribution in [0.3, 0.4) is 0 Å². The Morgan fingerprint density at radius 2 is 1.77 bits per heavy atom. The molecule has 2 N–H and O–H groups in total. The van der Waals surface area contributed by atoms with Crippen LogP contribution >= 0.6 is 0 Å². The first kappa shape index (κ1) is 8.73. The Hall–Kier alpha value is -0.860. The highest BCUT2D eigenvalue weighted by atomic mass is 15.1. The maximum Gasteiger partial charge on any atom is 0.0473 e. The van der Waals surface area contributed by atoms with Crippen LogP contribution in [0.4, 0.5) is 0 Å². The molecule has 1 aliphatic rings. The summed E-state index contributed by atoms with van der Waals surface area (Å²) in [5.41, 5.74) is 1.38. The second-order valence-electron chi connectivity index (χ2n) is 3.59. The molecule has 1 fully saturated rings. The van der Waals surface area contributed by atoms with Gasteiger partial charge in [-0.3, -0.25) is 0 Å². The largest absolute Gasteiger partial charge is 0.311 e. The van der Waals surface area contributed by atoms with E-state index in [1.165, 1.54) is 5.56 Å². The molecular weight excluding hydrogens is 160 g/mol. The Bertz CT molecular complexity index is 258. The van der Waals surface area contributed by atoms with Crippen LogP contribution in [-0.4, -0.2) is 19.1 Å². The van der Waals surface area contributed by atoms with Crippen molar-refractivity contribution in [2.75, 3.05) is 13.1 Å². The van der Waals surface area contributed by atoms with Gasteiger partial charge in [0.2, 0.25) is 0 Å². The molecule has 0 amide bonds. The van der Waals surface area contributed by atoms with Crippen molar-refractivity contribution in [3.05, 3.63) is 35.9 Å². The summed E-state index contributed by atoms with van der Waals surface area (Å²) >= 11 is 0. The minimum Gasteiger partial charge on any atom is -0.311 e. The molecule has 2 atom stereocenters. The van der Waals surface area contributed by atoms with Crippen molar-refractivity contribution in [2.45, 2.75) is 19.0 Å². The summed E-state index contributed by atoms with van der Waals surface area (Å²) in [7, 11) is 0. The summed E-state index contributed by atoms with van der Waals surface area (Å²) in [5.74, 6) is 0. The number of piperazine rings is 1. The summed E-state index contributed by atoms with van der Waals surface area (Å²) in [6.07, 6.45) is 0. The van der Waals surface area contributed by atoms with Crippen molar-refractivity contribution in [3.8, 4) is 0 Å². The molecule has 1 heterocycles. The topological polar surface area (TPSA) is 24.1 Å². The number of hydrogen-bond acceptors (Lipinski definition) is 2. The lowest BCUT2D eigenvalue weighted by Crippen LogP contribution is -2.48. The van der Waals surface area contributed by atoms with Gasteiger partial charge in [0, 0.05) is 25.2 Å². The summed E-state index contributed by atoms with van der Waals surface area (Å²) in [4.78, 5) is 0. The van der Waals surface area contributed by atoms with Crippen LogP contribution in [0.1, 0.15) is 18.5 Å². The van der Waals surface area contributed by atoms with E-state index in [4.69, 9.17) is 0 Å². The van der Waals surface area contributed by atoms with E-state index in [1.807, 2.05) is 0 Å². The van der Waals surface area contributed by atoms with Gasteiger partial charge >= 0.3 is 0 Å².